The third kappa shape index (κ3) is 4.30. The molecule has 0 fully saturated rings. The molecule has 0 radical (unpaired) electrons. The summed E-state index contributed by atoms with van der Waals surface area (Å²) in [5, 5.41) is 23.3. The molecule has 0 aromatic heterocycles. The van der Waals surface area contributed by atoms with Gasteiger partial charge in [0.25, 0.3) is 11.6 Å². The smallest absolute Gasteiger partial charge is 0.296 e. The highest BCUT2D eigenvalue weighted by molar-refractivity contribution is 6.37. The first-order chi connectivity index (χ1) is 12.4. The quantitative estimate of drug-likeness (QED) is 0.350. The number of ether oxygens (including phenoxy) is 1. The van der Waals surface area contributed by atoms with E-state index >= 15 is 0 Å². The number of hydrogen-bond acceptors (Lipinski definition) is 5. The second kappa shape index (κ2) is 8.34. The van der Waals surface area contributed by atoms with E-state index in [4.69, 9.17) is 27.9 Å². The number of benzene rings is 2. The molecular weight excluding hydrogens is 381 g/mol. The molecule has 0 unspecified atom stereocenters. The fraction of sp³-hybridized carbons (Fsp3) is 0.0588. The van der Waals surface area contributed by atoms with E-state index in [0.29, 0.717) is 5.56 Å². The summed E-state index contributed by atoms with van der Waals surface area (Å²) in [6, 6.07) is 10.4. The van der Waals surface area contributed by atoms with Crippen molar-refractivity contribution in [3.05, 3.63) is 67.7 Å². The van der Waals surface area contributed by atoms with Gasteiger partial charge in [0.2, 0.25) is 0 Å². The van der Waals surface area contributed by atoms with Crippen molar-refractivity contribution in [1.29, 1.82) is 5.26 Å². The minimum Gasteiger partial charge on any atom is -0.496 e. The molecule has 0 atom stereocenters. The van der Waals surface area contributed by atoms with Gasteiger partial charge in [0, 0.05) is 15.6 Å². The summed E-state index contributed by atoms with van der Waals surface area (Å²) < 4.78 is 4.93. The van der Waals surface area contributed by atoms with Gasteiger partial charge >= 0.3 is 0 Å². The van der Waals surface area contributed by atoms with Crippen molar-refractivity contribution in [2.75, 3.05) is 12.4 Å². The van der Waals surface area contributed by atoms with Crippen LogP contribution in [0.2, 0.25) is 10.0 Å². The Kier molecular flexibility index (Phi) is 6.17. The maximum Gasteiger partial charge on any atom is 0.296 e. The lowest BCUT2D eigenvalue weighted by Gasteiger charge is -2.07. The number of carbonyl (C=O) groups excluding carboxylic acids is 1. The minimum absolute atomic E-state index is 0.0767. The summed E-state index contributed by atoms with van der Waals surface area (Å²) in [4.78, 5) is 22.9. The van der Waals surface area contributed by atoms with Crippen molar-refractivity contribution < 1.29 is 14.5 Å². The van der Waals surface area contributed by atoms with E-state index in [2.05, 4.69) is 5.32 Å². The maximum absolute atomic E-state index is 12.4. The third-order valence-corrected chi connectivity index (χ3v) is 3.96. The predicted octanol–water partition coefficient (Wildman–Crippen LogP) is 4.46. The Morgan fingerprint density at radius 3 is 2.50 bits per heavy atom. The first-order valence-corrected chi connectivity index (χ1v) is 7.82. The molecule has 0 bridgehead atoms. The Hall–Kier alpha value is -3.08. The van der Waals surface area contributed by atoms with Crippen molar-refractivity contribution in [3.63, 3.8) is 0 Å². The molecule has 2 aromatic rings. The number of nitro groups is 1. The Morgan fingerprint density at radius 2 is 1.96 bits per heavy atom. The van der Waals surface area contributed by atoms with Crippen LogP contribution in [0.3, 0.4) is 0 Å². The Labute approximate surface area is 158 Å². The van der Waals surface area contributed by atoms with Crippen molar-refractivity contribution in [2.24, 2.45) is 0 Å². The van der Waals surface area contributed by atoms with E-state index in [1.165, 1.54) is 25.3 Å². The molecule has 0 aliphatic rings. The lowest BCUT2D eigenvalue weighted by atomic mass is 10.1. The molecule has 0 saturated heterocycles. The number of carbonyl (C=O) groups is 1. The number of halogens is 2. The molecule has 0 heterocycles. The van der Waals surface area contributed by atoms with Crippen LogP contribution < -0.4 is 10.1 Å². The van der Waals surface area contributed by atoms with Gasteiger partial charge in [-0.05, 0) is 30.3 Å². The van der Waals surface area contributed by atoms with E-state index in [1.807, 2.05) is 0 Å². The third-order valence-electron chi connectivity index (χ3n) is 3.30. The highest BCUT2D eigenvalue weighted by atomic mass is 35.5. The average molecular weight is 392 g/mol. The SMILES string of the molecule is COc1ccc(NC(=O)/C(C#N)=C/c2c(Cl)cccc2Cl)c([N+](=O)[O-])c1. The summed E-state index contributed by atoms with van der Waals surface area (Å²) in [5.74, 6) is -0.578. The number of anilines is 1. The van der Waals surface area contributed by atoms with Gasteiger partial charge in [0.15, 0.2) is 0 Å². The van der Waals surface area contributed by atoms with Gasteiger partial charge in [-0.25, -0.2) is 0 Å². The van der Waals surface area contributed by atoms with Crippen molar-refractivity contribution in [1.82, 2.24) is 0 Å². The molecule has 2 rings (SSSR count). The van der Waals surface area contributed by atoms with Crippen molar-refractivity contribution in [2.45, 2.75) is 0 Å². The van der Waals surface area contributed by atoms with Gasteiger partial charge in [-0.2, -0.15) is 5.26 Å². The largest absolute Gasteiger partial charge is 0.496 e. The van der Waals surface area contributed by atoms with Crippen LogP contribution >= 0.6 is 23.2 Å². The van der Waals surface area contributed by atoms with Crippen LogP contribution in [0.1, 0.15) is 5.56 Å². The molecule has 1 amide bonds. The summed E-state index contributed by atoms with van der Waals surface area (Å²) in [6.07, 6.45) is 1.22. The van der Waals surface area contributed by atoms with E-state index in [0.717, 1.165) is 6.07 Å². The summed E-state index contributed by atoms with van der Waals surface area (Å²) in [7, 11) is 1.36. The lowest BCUT2D eigenvalue weighted by molar-refractivity contribution is -0.384. The van der Waals surface area contributed by atoms with Crippen LogP contribution in [0.5, 0.6) is 5.75 Å². The van der Waals surface area contributed by atoms with Crippen LogP contribution in [-0.2, 0) is 4.79 Å². The zero-order chi connectivity index (χ0) is 19.3. The van der Waals surface area contributed by atoms with Crippen LogP contribution in [-0.4, -0.2) is 17.9 Å². The molecular formula is C17H11Cl2N3O4. The molecule has 7 nitrogen and oxygen atoms in total. The molecule has 0 saturated carbocycles. The van der Waals surface area contributed by atoms with Gasteiger partial charge in [-0.3, -0.25) is 14.9 Å². The summed E-state index contributed by atoms with van der Waals surface area (Å²) in [6.45, 7) is 0. The molecule has 9 heteroatoms. The number of nitro benzene ring substituents is 1. The van der Waals surface area contributed by atoms with Crippen LogP contribution in [0.25, 0.3) is 6.08 Å². The fourth-order valence-corrected chi connectivity index (χ4v) is 2.53. The first-order valence-electron chi connectivity index (χ1n) is 7.07. The number of nitriles is 1. The van der Waals surface area contributed by atoms with Gasteiger partial charge in [0.05, 0.1) is 18.1 Å². The zero-order valence-electron chi connectivity index (χ0n) is 13.3. The minimum atomic E-state index is -0.836. The Morgan fingerprint density at radius 1 is 1.31 bits per heavy atom. The molecule has 0 aliphatic heterocycles. The molecule has 0 spiro atoms. The Balaban J connectivity index is 2.38. The summed E-state index contributed by atoms with van der Waals surface area (Å²) in [5.41, 5.74) is -0.463. The highest BCUT2D eigenvalue weighted by Gasteiger charge is 2.19. The number of nitrogens with one attached hydrogen (secondary N) is 1. The van der Waals surface area contributed by atoms with Gasteiger partial charge in [0.1, 0.15) is 23.1 Å². The zero-order valence-corrected chi connectivity index (χ0v) is 14.8. The number of amides is 1. The van der Waals surface area contributed by atoms with Crippen molar-refractivity contribution in [3.8, 4) is 11.8 Å². The van der Waals surface area contributed by atoms with E-state index < -0.39 is 10.8 Å². The lowest BCUT2D eigenvalue weighted by Crippen LogP contribution is -2.14. The first kappa shape index (κ1) is 19.2. The van der Waals surface area contributed by atoms with Crippen molar-refractivity contribution >= 4 is 46.6 Å². The number of nitrogens with zero attached hydrogens (tertiary/aromatic N) is 2. The maximum atomic E-state index is 12.4. The second-order valence-corrected chi connectivity index (χ2v) is 5.71. The van der Waals surface area contributed by atoms with Crippen LogP contribution in [0.4, 0.5) is 11.4 Å². The number of rotatable bonds is 5. The van der Waals surface area contributed by atoms with Crippen LogP contribution in [0.15, 0.2) is 42.0 Å². The monoisotopic (exact) mass is 391 g/mol. The average Bonchev–Trinajstić information content (AvgIpc) is 2.61. The van der Waals surface area contributed by atoms with E-state index in [-0.39, 0.29) is 32.7 Å². The molecule has 26 heavy (non-hydrogen) atoms. The van der Waals surface area contributed by atoms with E-state index in [9.17, 15) is 20.2 Å². The Bertz CT molecular complexity index is 931. The molecule has 2 aromatic carbocycles. The van der Waals surface area contributed by atoms with Gasteiger partial charge in [-0.15, -0.1) is 0 Å². The van der Waals surface area contributed by atoms with Gasteiger partial charge < -0.3 is 10.1 Å². The number of hydrogen-bond donors (Lipinski definition) is 1. The highest BCUT2D eigenvalue weighted by Crippen LogP contribution is 2.30. The normalized spacial score (nSPS) is 10.8. The topological polar surface area (TPSA) is 105 Å². The van der Waals surface area contributed by atoms with E-state index in [1.54, 1.807) is 24.3 Å². The number of methoxy groups -OCH3 is 1. The molecule has 132 valence electrons. The fourth-order valence-electron chi connectivity index (χ4n) is 2.03. The standard InChI is InChI=1S/C17H11Cl2N3O4/c1-26-11-5-6-15(16(8-11)22(24)25)21-17(23)10(9-20)7-12-13(18)3-2-4-14(12)19/h2-8H,1H3,(H,21,23)/b10-7+. The summed E-state index contributed by atoms with van der Waals surface area (Å²) >= 11 is 12.0. The van der Waals surface area contributed by atoms with Gasteiger partial charge in [-0.1, -0.05) is 29.3 Å². The molecule has 1 N–H and O–H groups in total. The predicted molar refractivity (Wildman–Crippen MR) is 98.3 cm³/mol. The second-order valence-electron chi connectivity index (χ2n) is 4.90. The molecule has 0 aliphatic carbocycles. The van der Waals surface area contributed by atoms with Crippen LogP contribution in [0, 0.1) is 21.4 Å².